The molecule has 2 aromatic rings. The maximum Gasteiger partial charge on any atom is 0.243 e. The van der Waals surface area contributed by atoms with Gasteiger partial charge in [-0.25, -0.2) is 21.1 Å². The molecule has 3 rings (SSSR count). The third kappa shape index (κ3) is 10.0. The zero-order valence-corrected chi connectivity index (χ0v) is 27.5. The van der Waals surface area contributed by atoms with Gasteiger partial charge in [0.15, 0.2) is 0 Å². The van der Waals surface area contributed by atoms with Gasteiger partial charge in [0.1, 0.15) is 5.75 Å². The quantitative estimate of drug-likeness (QED) is 0.307. The van der Waals surface area contributed by atoms with E-state index in [1.54, 1.807) is 19.1 Å². The van der Waals surface area contributed by atoms with Crippen LogP contribution < -0.4 is 10.1 Å². The van der Waals surface area contributed by atoms with Gasteiger partial charge in [-0.2, -0.15) is 4.31 Å². The van der Waals surface area contributed by atoms with Crippen LogP contribution in [0.2, 0.25) is 0 Å². The maximum absolute atomic E-state index is 13.7. The molecular weight excluding hydrogens is 590 g/mol. The Morgan fingerprint density at radius 3 is 2.16 bits per heavy atom. The zero-order chi connectivity index (χ0) is 31.8. The lowest BCUT2D eigenvalue weighted by molar-refractivity contribution is -0.125. The van der Waals surface area contributed by atoms with E-state index in [1.807, 2.05) is 44.2 Å². The second kappa shape index (κ2) is 15.5. The summed E-state index contributed by atoms with van der Waals surface area (Å²) in [7, 11) is -6.13. The Bertz CT molecular complexity index is 1380. The molecule has 1 amide bonds. The topological polar surface area (TPSA) is 133 Å². The normalized spacial score (nSPS) is 17.5. The molecule has 1 heterocycles. The minimum absolute atomic E-state index is 0.0367. The molecule has 1 aliphatic heterocycles. The van der Waals surface area contributed by atoms with Crippen LogP contribution in [0, 0.1) is 17.8 Å². The first-order valence-corrected chi connectivity index (χ1v) is 17.9. The molecule has 3 atom stereocenters. The van der Waals surface area contributed by atoms with Crippen molar-refractivity contribution in [2.45, 2.75) is 64.0 Å². The molecule has 0 bridgehead atoms. The first-order valence-electron chi connectivity index (χ1n) is 14.9. The zero-order valence-electron chi connectivity index (χ0n) is 25.8. The van der Waals surface area contributed by atoms with Crippen molar-refractivity contribution in [2.24, 2.45) is 17.8 Å². The van der Waals surface area contributed by atoms with Crippen LogP contribution in [0.4, 0.5) is 0 Å². The molecule has 12 heteroatoms. The van der Waals surface area contributed by atoms with E-state index in [0.29, 0.717) is 24.8 Å². The maximum atomic E-state index is 13.7. The Morgan fingerprint density at radius 2 is 1.60 bits per heavy atom. The van der Waals surface area contributed by atoms with Crippen LogP contribution in [-0.2, 0) is 31.3 Å². The standard InChI is InChI=1S/C31H47N3O7S2/c1-23(2)20-34(43(39,40)28-13-11-27(41-5)12-14-28)21-30(35)29(19-26-9-7-6-8-10-26)32-31(36)25(4)22-42(37,38)33-17-15-24(3)16-18-33/h6-14,23-25,29-30,35H,15-22H2,1-5H3,(H,32,36)/t25-,29-,30+/m0/s1. The van der Waals surface area contributed by atoms with Crippen molar-refractivity contribution in [1.29, 1.82) is 0 Å². The summed E-state index contributed by atoms with van der Waals surface area (Å²) in [5.74, 6) is -0.772. The number of hydrogen-bond acceptors (Lipinski definition) is 7. The minimum Gasteiger partial charge on any atom is -0.497 e. The summed E-state index contributed by atoms with van der Waals surface area (Å²) in [6.45, 7) is 8.22. The number of piperidine rings is 1. The molecule has 0 radical (unpaired) electrons. The number of aliphatic hydroxyl groups is 1. The summed E-state index contributed by atoms with van der Waals surface area (Å²) in [6, 6.07) is 14.4. The summed E-state index contributed by atoms with van der Waals surface area (Å²) >= 11 is 0. The molecule has 1 aliphatic rings. The number of nitrogens with one attached hydrogen (secondary N) is 1. The first-order chi connectivity index (χ1) is 20.2. The minimum atomic E-state index is -3.99. The highest BCUT2D eigenvalue weighted by Crippen LogP contribution is 2.23. The van der Waals surface area contributed by atoms with Crippen LogP contribution in [0.3, 0.4) is 0 Å². The fourth-order valence-corrected chi connectivity index (χ4v) is 8.53. The van der Waals surface area contributed by atoms with Gasteiger partial charge in [0, 0.05) is 26.2 Å². The van der Waals surface area contributed by atoms with Crippen molar-refractivity contribution in [3.8, 4) is 5.75 Å². The molecule has 43 heavy (non-hydrogen) atoms. The number of carbonyl (C=O) groups is 1. The van der Waals surface area contributed by atoms with E-state index < -0.39 is 44.0 Å². The summed E-state index contributed by atoms with van der Waals surface area (Å²) in [6.07, 6.45) is 0.535. The molecule has 1 fully saturated rings. The molecule has 2 aromatic carbocycles. The van der Waals surface area contributed by atoms with Crippen LogP contribution in [-0.4, -0.2) is 87.6 Å². The van der Waals surface area contributed by atoms with Gasteiger partial charge in [-0.05, 0) is 60.9 Å². The van der Waals surface area contributed by atoms with E-state index in [0.717, 1.165) is 18.4 Å². The van der Waals surface area contributed by atoms with Crippen molar-refractivity contribution in [1.82, 2.24) is 13.9 Å². The van der Waals surface area contributed by atoms with Crippen LogP contribution in [0.25, 0.3) is 0 Å². The van der Waals surface area contributed by atoms with Crippen molar-refractivity contribution in [3.05, 3.63) is 60.2 Å². The molecule has 1 saturated heterocycles. The van der Waals surface area contributed by atoms with E-state index >= 15 is 0 Å². The Hall–Kier alpha value is -2.51. The molecule has 240 valence electrons. The second-order valence-electron chi connectivity index (χ2n) is 12.0. The Balaban J connectivity index is 1.80. The summed E-state index contributed by atoms with van der Waals surface area (Å²) in [4.78, 5) is 13.4. The van der Waals surface area contributed by atoms with E-state index in [4.69, 9.17) is 4.74 Å². The van der Waals surface area contributed by atoms with E-state index in [1.165, 1.54) is 27.9 Å². The smallest absolute Gasteiger partial charge is 0.243 e. The highest BCUT2D eigenvalue weighted by atomic mass is 32.2. The van der Waals surface area contributed by atoms with Gasteiger partial charge in [-0.15, -0.1) is 0 Å². The molecule has 0 unspecified atom stereocenters. The number of carbonyl (C=O) groups excluding carboxylic acids is 1. The van der Waals surface area contributed by atoms with Gasteiger partial charge in [-0.3, -0.25) is 4.79 Å². The van der Waals surface area contributed by atoms with Gasteiger partial charge < -0.3 is 15.2 Å². The highest BCUT2D eigenvalue weighted by molar-refractivity contribution is 7.89. The first kappa shape index (κ1) is 35.0. The number of ether oxygens (including phenoxy) is 1. The van der Waals surface area contributed by atoms with Crippen LogP contribution in [0.5, 0.6) is 5.75 Å². The molecule has 0 spiro atoms. The lowest BCUT2D eigenvalue weighted by atomic mass is 10.00. The largest absolute Gasteiger partial charge is 0.497 e. The fourth-order valence-electron chi connectivity index (χ4n) is 5.15. The van der Waals surface area contributed by atoms with Crippen LogP contribution >= 0.6 is 0 Å². The van der Waals surface area contributed by atoms with Crippen LogP contribution in [0.15, 0.2) is 59.5 Å². The SMILES string of the molecule is COc1ccc(S(=O)(=O)N(CC(C)C)C[C@@H](O)[C@H](Cc2ccccc2)NC(=O)[C@@H](C)CS(=O)(=O)N2CCC(C)CC2)cc1. The summed E-state index contributed by atoms with van der Waals surface area (Å²) in [5, 5.41) is 14.3. The van der Waals surface area contributed by atoms with E-state index in [9.17, 15) is 26.7 Å². The molecular formula is C31H47N3O7S2. The van der Waals surface area contributed by atoms with E-state index in [-0.39, 0.29) is 36.1 Å². The number of rotatable bonds is 15. The fraction of sp³-hybridized carbons (Fsp3) is 0.581. The molecule has 10 nitrogen and oxygen atoms in total. The number of hydrogen-bond donors (Lipinski definition) is 2. The lowest BCUT2D eigenvalue weighted by Crippen LogP contribution is -2.52. The number of nitrogens with zero attached hydrogens (tertiary/aromatic N) is 2. The van der Waals surface area contributed by atoms with Gasteiger partial charge in [0.2, 0.25) is 26.0 Å². The molecule has 0 aromatic heterocycles. The molecule has 0 aliphatic carbocycles. The predicted molar refractivity (Wildman–Crippen MR) is 168 cm³/mol. The monoisotopic (exact) mass is 637 g/mol. The number of sulfonamides is 2. The Morgan fingerprint density at radius 1 is 1.00 bits per heavy atom. The molecule has 0 saturated carbocycles. The van der Waals surface area contributed by atoms with Crippen LogP contribution in [0.1, 0.15) is 46.1 Å². The number of amides is 1. The van der Waals surface area contributed by atoms with Crippen molar-refractivity contribution < 1.29 is 31.5 Å². The third-order valence-electron chi connectivity index (χ3n) is 7.79. The summed E-state index contributed by atoms with van der Waals surface area (Å²) < 4.78 is 61.3. The van der Waals surface area contributed by atoms with E-state index in [2.05, 4.69) is 12.2 Å². The van der Waals surface area contributed by atoms with Crippen molar-refractivity contribution in [3.63, 3.8) is 0 Å². The summed E-state index contributed by atoms with van der Waals surface area (Å²) in [5.41, 5.74) is 0.836. The van der Waals surface area contributed by atoms with Gasteiger partial charge in [-0.1, -0.05) is 58.0 Å². The second-order valence-corrected chi connectivity index (χ2v) is 16.0. The average molecular weight is 638 g/mol. The number of benzene rings is 2. The molecule has 2 N–H and O–H groups in total. The van der Waals surface area contributed by atoms with Gasteiger partial charge >= 0.3 is 0 Å². The highest BCUT2D eigenvalue weighted by Gasteiger charge is 2.34. The van der Waals surface area contributed by atoms with Gasteiger partial charge in [0.05, 0.1) is 35.8 Å². The Kier molecular flexibility index (Phi) is 12.6. The van der Waals surface area contributed by atoms with Crippen molar-refractivity contribution in [2.75, 3.05) is 39.0 Å². The average Bonchev–Trinajstić information content (AvgIpc) is 2.96. The Labute approximate surface area is 257 Å². The van der Waals surface area contributed by atoms with Crippen molar-refractivity contribution >= 4 is 26.0 Å². The number of aliphatic hydroxyl groups excluding tert-OH is 1. The third-order valence-corrected chi connectivity index (χ3v) is 11.7. The van der Waals surface area contributed by atoms with Gasteiger partial charge in [0.25, 0.3) is 0 Å². The predicted octanol–water partition coefficient (Wildman–Crippen LogP) is 3.13. The number of methoxy groups -OCH3 is 1. The lowest BCUT2D eigenvalue weighted by Gasteiger charge is -2.32.